The highest BCUT2D eigenvalue weighted by Crippen LogP contribution is 2.64. The number of aryl methyl sites for hydroxylation is 1. The van der Waals surface area contributed by atoms with Crippen LogP contribution in [0.4, 0.5) is 5.69 Å². The van der Waals surface area contributed by atoms with Gasteiger partial charge in [0.15, 0.2) is 0 Å². The van der Waals surface area contributed by atoms with Gasteiger partial charge in [0.2, 0.25) is 0 Å². The summed E-state index contributed by atoms with van der Waals surface area (Å²) in [5.41, 5.74) is 7.33. The van der Waals surface area contributed by atoms with Gasteiger partial charge in [0.05, 0.1) is 17.7 Å². The van der Waals surface area contributed by atoms with Crippen molar-refractivity contribution >= 4 is 5.69 Å². The van der Waals surface area contributed by atoms with Gasteiger partial charge in [-0.05, 0) is 66.3 Å². The molecule has 0 amide bonds. The van der Waals surface area contributed by atoms with E-state index in [9.17, 15) is 0 Å². The summed E-state index contributed by atoms with van der Waals surface area (Å²) < 4.78 is 0. The van der Waals surface area contributed by atoms with Crippen LogP contribution in [0.5, 0.6) is 0 Å². The molecule has 0 spiro atoms. The van der Waals surface area contributed by atoms with Gasteiger partial charge in [-0.25, -0.2) is 0 Å². The molecule has 3 aliphatic rings. The Bertz CT molecular complexity index is 1200. The smallest absolute Gasteiger partial charge is 0.0889 e. The number of benzene rings is 3. The Kier molecular flexibility index (Phi) is 5.38. The number of rotatable bonds is 3. The van der Waals surface area contributed by atoms with Crippen molar-refractivity contribution in [1.82, 2.24) is 4.90 Å². The Morgan fingerprint density at radius 1 is 0.800 bits per heavy atom. The maximum absolute atomic E-state index is 3.00. The van der Waals surface area contributed by atoms with Gasteiger partial charge in [0, 0.05) is 11.7 Å². The maximum atomic E-state index is 3.00. The van der Waals surface area contributed by atoms with Gasteiger partial charge in [-0.1, -0.05) is 106 Å². The van der Waals surface area contributed by atoms with Crippen molar-refractivity contribution < 1.29 is 0 Å². The average Bonchev–Trinajstić information content (AvgIpc) is 3.55. The van der Waals surface area contributed by atoms with Gasteiger partial charge < -0.3 is 4.90 Å². The van der Waals surface area contributed by atoms with Crippen LogP contribution in [-0.2, 0) is 5.54 Å². The van der Waals surface area contributed by atoms with E-state index in [4.69, 9.17) is 0 Å². The molecule has 1 saturated heterocycles. The predicted molar refractivity (Wildman–Crippen MR) is 147 cm³/mol. The zero-order chi connectivity index (χ0) is 24.4. The number of anilines is 1. The topological polar surface area (TPSA) is 6.48 Å². The molecule has 0 aromatic heterocycles. The van der Waals surface area contributed by atoms with E-state index in [0.29, 0.717) is 18.0 Å². The number of nitrogens with zero attached hydrogens (tertiary/aromatic N) is 2. The van der Waals surface area contributed by atoms with Crippen molar-refractivity contribution in [3.8, 4) is 0 Å². The van der Waals surface area contributed by atoms with Crippen molar-refractivity contribution in [2.45, 2.75) is 84.1 Å². The van der Waals surface area contributed by atoms with Crippen LogP contribution in [0.3, 0.4) is 0 Å². The third-order valence-electron chi connectivity index (χ3n) is 9.15. The normalized spacial score (nSPS) is 28.9. The second kappa shape index (κ2) is 8.23. The molecule has 2 fully saturated rings. The Balaban J connectivity index is 1.67. The van der Waals surface area contributed by atoms with Crippen LogP contribution in [0, 0.1) is 18.3 Å². The fourth-order valence-electron chi connectivity index (χ4n) is 8.00. The average molecular weight is 465 g/mol. The SMILES string of the molecule is Cc1ccccc1N1C(C(C)(C)C)N2C(c3ccccc3C2(c2ccccc2)C2CCCC2)[C@@H]1C. The van der Waals surface area contributed by atoms with Crippen molar-refractivity contribution in [3.63, 3.8) is 0 Å². The van der Waals surface area contributed by atoms with Crippen molar-refractivity contribution in [3.05, 3.63) is 101 Å². The molecule has 3 unspecified atom stereocenters. The van der Waals surface area contributed by atoms with Crippen molar-refractivity contribution in [2.24, 2.45) is 11.3 Å². The minimum Gasteiger partial charge on any atom is -0.350 e. The molecular weight excluding hydrogens is 424 g/mol. The van der Waals surface area contributed by atoms with E-state index in [-0.39, 0.29) is 17.1 Å². The standard InChI is InChI=1S/C33H40N2/c1-23-15-9-14-22-29(23)34-24(2)30-27-20-12-13-21-28(27)33(26-18-10-11-19-26,25-16-7-6-8-17-25)35(30)31(34)32(3,4)5/h6-9,12-17,20-22,24,26,30-31H,10-11,18-19H2,1-5H3/t24-,30?,31?,33?/m0/s1. The van der Waals surface area contributed by atoms with Crippen LogP contribution >= 0.6 is 0 Å². The lowest BCUT2D eigenvalue weighted by atomic mass is 9.71. The molecule has 2 heteroatoms. The van der Waals surface area contributed by atoms with E-state index in [1.54, 1.807) is 11.1 Å². The molecule has 2 heterocycles. The first-order chi connectivity index (χ1) is 16.9. The van der Waals surface area contributed by atoms with Crippen LogP contribution in [0.2, 0.25) is 0 Å². The summed E-state index contributed by atoms with van der Waals surface area (Å²) in [7, 11) is 0. The lowest BCUT2D eigenvalue weighted by Crippen LogP contribution is -2.58. The Labute approximate surface area is 212 Å². The van der Waals surface area contributed by atoms with E-state index >= 15 is 0 Å². The molecule has 0 radical (unpaired) electrons. The van der Waals surface area contributed by atoms with E-state index in [1.807, 2.05) is 0 Å². The molecule has 0 N–H and O–H groups in total. The molecule has 2 nitrogen and oxygen atoms in total. The summed E-state index contributed by atoms with van der Waals surface area (Å²) >= 11 is 0. The van der Waals surface area contributed by atoms with Crippen LogP contribution in [0.1, 0.15) is 81.7 Å². The van der Waals surface area contributed by atoms with Gasteiger partial charge in [-0.3, -0.25) is 4.90 Å². The number of fused-ring (bicyclic) bond motifs is 3. The quantitative estimate of drug-likeness (QED) is 0.387. The highest BCUT2D eigenvalue weighted by Gasteiger charge is 2.65. The third kappa shape index (κ3) is 3.18. The number of hydrogen-bond acceptors (Lipinski definition) is 2. The second-order valence-electron chi connectivity index (χ2n) is 12.2. The molecule has 6 rings (SSSR count). The molecule has 0 bridgehead atoms. The van der Waals surface area contributed by atoms with Gasteiger partial charge in [-0.2, -0.15) is 0 Å². The molecule has 3 aromatic carbocycles. The molecule has 3 aromatic rings. The van der Waals surface area contributed by atoms with E-state index in [1.165, 1.54) is 42.5 Å². The lowest BCUT2D eigenvalue weighted by Gasteiger charge is -2.52. The third-order valence-corrected chi connectivity index (χ3v) is 9.15. The molecule has 182 valence electrons. The van der Waals surface area contributed by atoms with Crippen LogP contribution in [-0.4, -0.2) is 17.1 Å². The fourth-order valence-corrected chi connectivity index (χ4v) is 8.00. The van der Waals surface area contributed by atoms with Crippen molar-refractivity contribution in [2.75, 3.05) is 4.90 Å². The predicted octanol–water partition coefficient (Wildman–Crippen LogP) is 8.07. The summed E-state index contributed by atoms with van der Waals surface area (Å²) in [6.45, 7) is 12.1. The Morgan fingerprint density at radius 2 is 1.43 bits per heavy atom. The monoisotopic (exact) mass is 464 g/mol. The summed E-state index contributed by atoms with van der Waals surface area (Å²) in [5, 5.41) is 0. The Morgan fingerprint density at radius 3 is 2.11 bits per heavy atom. The summed E-state index contributed by atoms with van der Waals surface area (Å²) in [5.74, 6) is 0.630. The number of para-hydroxylation sites is 1. The largest absolute Gasteiger partial charge is 0.350 e. The van der Waals surface area contributed by atoms with Gasteiger partial charge in [0.1, 0.15) is 0 Å². The molecule has 1 aliphatic carbocycles. The summed E-state index contributed by atoms with van der Waals surface area (Å²) in [6.07, 6.45) is 5.59. The maximum Gasteiger partial charge on any atom is 0.0889 e. The molecule has 35 heavy (non-hydrogen) atoms. The number of hydrogen-bond donors (Lipinski definition) is 0. The first kappa shape index (κ1) is 22.9. The van der Waals surface area contributed by atoms with Gasteiger partial charge in [-0.15, -0.1) is 0 Å². The van der Waals surface area contributed by atoms with Gasteiger partial charge >= 0.3 is 0 Å². The molecule has 1 saturated carbocycles. The van der Waals surface area contributed by atoms with Crippen molar-refractivity contribution in [1.29, 1.82) is 0 Å². The van der Waals surface area contributed by atoms with Crippen LogP contribution in [0.15, 0.2) is 78.9 Å². The lowest BCUT2D eigenvalue weighted by molar-refractivity contribution is -0.00101. The first-order valence-electron chi connectivity index (χ1n) is 13.6. The zero-order valence-electron chi connectivity index (χ0n) is 22.0. The van der Waals surface area contributed by atoms with Gasteiger partial charge in [0.25, 0.3) is 0 Å². The van der Waals surface area contributed by atoms with E-state index in [2.05, 4.69) is 123 Å². The van der Waals surface area contributed by atoms with Crippen LogP contribution < -0.4 is 4.90 Å². The van der Waals surface area contributed by atoms with E-state index < -0.39 is 0 Å². The second-order valence-corrected chi connectivity index (χ2v) is 12.2. The zero-order valence-corrected chi connectivity index (χ0v) is 22.0. The first-order valence-corrected chi connectivity index (χ1v) is 13.6. The van der Waals surface area contributed by atoms with Crippen LogP contribution in [0.25, 0.3) is 0 Å². The highest BCUT2D eigenvalue weighted by molar-refractivity contribution is 5.61. The summed E-state index contributed by atoms with van der Waals surface area (Å²) in [6, 6.07) is 30.7. The molecule has 4 atom stereocenters. The minimum atomic E-state index is -0.0946. The Hall–Kier alpha value is -2.58. The molecule has 2 aliphatic heterocycles. The van der Waals surface area contributed by atoms with E-state index in [0.717, 1.165) is 0 Å². The fraction of sp³-hybridized carbons (Fsp3) is 0.455. The molecular formula is C33H40N2. The highest BCUT2D eigenvalue weighted by atomic mass is 15.5. The minimum absolute atomic E-state index is 0.0754. The summed E-state index contributed by atoms with van der Waals surface area (Å²) in [4.78, 5) is 5.78.